The minimum atomic E-state index is -0.740. The number of carbonyl (C=O) groups excluding carboxylic acids is 1. The maximum atomic E-state index is 13.0. The molecule has 182 valence electrons. The van der Waals surface area contributed by atoms with Crippen LogP contribution >= 0.6 is 0 Å². The van der Waals surface area contributed by atoms with E-state index in [1.165, 1.54) is 17.7 Å². The Hall–Kier alpha value is -4.27. The number of hydrogen-bond donors (Lipinski definition) is 2. The Balaban J connectivity index is 1.63. The molecule has 1 unspecified atom stereocenters. The minimum Gasteiger partial charge on any atom is -0.493 e. The number of rotatable bonds is 7. The van der Waals surface area contributed by atoms with Crippen molar-refractivity contribution >= 4 is 23.5 Å². The summed E-state index contributed by atoms with van der Waals surface area (Å²) >= 11 is 0. The predicted molar refractivity (Wildman–Crippen MR) is 135 cm³/mol. The lowest BCUT2D eigenvalue weighted by molar-refractivity contribution is -0.113. The van der Waals surface area contributed by atoms with Crippen molar-refractivity contribution in [3.05, 3.63) is 86.1 Å². The van der Waals surface area contributed by atoms with Gasteiger partial charge in [-0.3, -0.25) is 19.1 Å². The number of anilines is 2. The van der Waals surface area contributed by atoms with Crippen LogP contribution in [0.4, 0.5) is 11.5 Å². The van der Waals surface area contributed by atoms with Crippen LogP contribution in [0.25, 0.3) is 6.08 Å². The summed E-state index contributed by atoms with van der Waals surface area (Å²) in [6.45, 7) is 4.50. The number of nitrogens with two attached hydrogens (primary N) is 1. The molecule has 4 rings (SSSR count). The molecule has 35 heavy (non-hydrogen) atoms. The molecule has 9 heteroatoms. The topological polar surface area (TPSA) is 120 Å². The molecule has 1 aromatic heterocycles. The average molecular weight is 477 g/mol. The second-order valence-electron chi connectivity index (χ2n) is 8.36. The highest BCUT2D eigenvalue weighted by atomic mass is 16.5. The zero-order chi connectivity index (χ0) is 25.1. The molecule has 0 bridgehead atoms. The number of ether oxygens (including phenoxy) is 2. The van der Waals surface area contributed by atoms with Crippen molar-refractivity contribution in [2.24, 2.45) is 0 Å². The van der Waals surface area contributed by atoms with Crippen molar-refractivity contribution in [3.8, 4) is 11.5 Å². The van der Waals surface area contributed by atoms with Crippen LogP contribution in [0, 0.1) is 0 Å². The Morgan fingerprint density at radius 2 is 2.03 bits per heavy atom. The first-order valence-electron chi connectivity index (χ1n) is 11.4. The Labute approximate surface area is 202 Å². The van der Waals surface area contributed by atoms with Crippen LogP contribution in [-0.4, -0.2) is 35.2 Å². The predicted octanol–water partition coefficient (Wildman–Crippen LogP) is 2.57. The van der Waals surface area contributed by atoms with Crippen LogP contribution < -0.4 is 31.4 Å². The molecule has 0 saturated heterocycles. The van der Waals surface area contributed by atoms with Crippen LogP contribution in [0.2, 0.25) is 0 Å². The standard InChI is InChI=1S/C26H28N4O5/c1-4-34-20-14-19-12-16(2)35-21(19)13-18(20)10-11-22(31)29(3)23-24(27)30(26(33)28-25(23)32)15-17-8-6-5-7-9-17/h5-11,13-14,16H,4,12,15,27H2,1-3H3,(H,28,32,33). The number of fused-ring (bicyclic) bond motifs is 1. The Bertz CT molecular complexity index is 1390. The third-order valence-corrected chi connectivity index (χ3v) is 5.80. The monoisotopic (exact) mass is 476 g/mol. The van der Waals surface area contributed by atoms with E-state index in [1.807, 2.05) is 56.3 Å². The highest BCUT2D eigenvalue weighted by Gasteiger charge is 2.22. The van der Waals surface area contributed by atoms with E-state index in [2.05, 4.69) is 4.98 Å². The summed E-state index contributed by atoms with van der Waals surface area (Å²) in [6, 6.07) is 13.0. The molecule has 1 amide bonds. The zero-order valence-corrected chi connectivity index (χ0v) is 19.9. The summed E-state index contributed by atoms with van der Waals surface area (Å²) in [5, 5.41) is 0. The van der Waals surface area contributed by atoms with Crippen molar-refractivity contribution in [1.29, 1.82) is 0 Å². The van der Waals surface area contributed by atoms with Gasteiger partial charge in [-0.25, -0.2) is 4.79 Å². The molecule has 2 heterocycles. The van der Waals surface area contributed by atoms with E-state index in [9.17, 15) is 14.4 Å². The van der Waals surface area contributed by atoms with E-state index < -0.39 is 17.2 Å². The second kappa shape index (κ2) is 9.92. The van der Waals surface area contributed by atoms with E-state index in [4.69, 9.17) is 15.2 Å². The van der Waals surface area contributed by atoms with Crippen molar-refractivity contribution in [2.45, 2.75) is 32.9 Å². The van der Waals surface area contributed by atoms with Crippen molar-refractivity contribution in [2.75, 3.05) is 24.3 Å². The Morgan fingerprint density at radius 1 is 1.29 bits per heavy atom. The van der Waals surface area contributed by atoms with Crippen LogP contribution in [0.15, 0.2) is 58.1 Å². The molecule has 0 fully saturated rings. The van der Waals surface area contributed by atoms with Gasteiger partial charge in [0.1, 0.15) is 23.4 Å². The summed E-state index contributed by atoms with van der Waals surface area (Å²) < 4.78 is 12.8. The number of amides is 1. The van der Waals surface area contributed by atoms with E-state index in [1.54, 1.807) is 6.08 Å². The molecule has 1 aliphatic heterocycles. The SMILES string of the molecule is CCOc1cc2c(cc1C=CC(=O)N(C)c1c(N)n(Cc3ccccc3)c(=O)[nH]c1=O)OC(C)C2. The normalized spacial score (nSPS) is 14.5. The minimum absolute atomic E-state index is 0.0766. The lowest BCUT2D eigenvalue weighted by atomic mass is 10.1. The quantitative estimate of drug-likeness (QED) is 0.506. The summed E-state index contributed by atoms with van der Waals surface area (Å²) in [6.07, 6.45) is 3.81. The highest BCUT2D eigenvalue weighted by Crippen LogP contribution is 2.35. The number of H-pyrrole nitrogens is 1. The first kappa shape index (κ1) is 23.9. The summed E-state index contributed by atoms with van der Waals surface area (Å²) in [7, 11) is 1.43. The fourth-order valence-corrected chi connectivity index (χ4v) is 4.07. The molecule has 3 N–H and O–H groups in total. The zero-order valence-electron chi connectivity index (χ0n) is 19.9. The highest BCUT2D eigenvalue weighted by molar-refractivity contribution is 6.04. The van der Waals surface area contributed by atoms with Gasteiger partial charge >= 0.3 is 5.69 Å². The number of benzene rings is 2. The van der Waals surface area contributed by atoms with Gasteiger partial charge in [-0.15, -0.1) is 0 Å². The van der Waals surface area contributed by atoms with Gasteiger partial charge in [-0.05, 0) is 37.6 Å². The molecular formula is C26H28N4O5. The molecule has 3 aromatic rings. The first-order valence-corrected chi connectivity index (χ1v) is 11.4. The molecular weight excluding hydrogens is 448 g/mol. The number of hydrogen-bond acceptors (Lipinski definition) is 6. The van der Waals surface area contributed by atoms with E-state index in [-0.39, 0.29) is 24.2 Å². The van der Waals surface area contributed by atoms with Gasteiger partial charge in [0.05, 0.1) is 13.2 Å². The molecule has 1 aliphatic rings. The first-order chi connectivity index (χ1) is 16.8. The number of likely N-dealkylation sites (N-methyl/N-ethyl adjacent to an activating group) is 1. The summed E-state index contributed by atoms with van der Waals surface area (Å²) in [4.78, 5) is 41.4. The third kappa shape index (κ3) is 4.98. The lowest BCUT2D eigenvalue weighted by Crippen LogP contribution is -2.39. The van der Waals surface area contributed by atoms with Gasteiger partial charge in [0.25, 0.3) is 11.5 Å². The number of aromatic nitrogens is 2. The third-order valence-electron chi connectivity index (χ3n) is 5.80. The van der Waals surface area contributed by atoms with E-state index >= 15 is 0 Å². The number of nitrogens with one attached hydrogen (secondary N) is 1. The Morgan fingerprint density at radius 3 is 2.74 bits per heavy atom. The molecule has 2 aromatic carbocycles. The largest absolute Gasteiger partial charge is 0.493 e. The van der Waals surface area contributed by atoms with Crippen LogP contribution in [0.5, 0.6) is 11.5 Å². The van der Waals surface area contributed by atoms with Gasteiger partial charge in [-0.1, -0.05) is 30.3 Å². The van der Waals surface area contributed by atoms with Gasteiger partial charge in [-0.2, -0.15) is 0 Å². The summed E-state index contributed by atoms with van der Waals surface area (Å²) in [5.74, 6) is 0.811. The van der Waals surface area contributed by atoms with Gasteiger partial charge in [0.2, 0.25) is 0 Å². The van der Waals surface area contributed by atoms with Gasteiger partial charge < -0.3 is 20.1 Å². The second-order valence-corrected chi connectivity index (χ2v) is 8.36. The average Bonchev–Trinajstić information content (AvgIpc) is 3.19. The van der Waals surface area contributed by atoms with Gasteiger partial charge in [0.15, 0.2) is 5.69 Å². The maximum Gasteiger partial charge on any atom is 0.330 e. The molecule has 0 saturated carbocycles. The molecule has 0 radical (unpaired) electrons. The van der Waals surface area contributed by atoms with E-state index in [0.717, 1.165) is 28.2 Å². The van der Waals surface area contributed by atoms with Crippen molar-refractivity contribution in [3.63, 3.8) is 0 Å². The van der Waals surface area contributed by atoms with Gasteiger partial charge in [0, 0.05) is 30.7 Å². The van der Waals surface area contributed by atoms with Crippen LogP contribution in [0.1, 0.15) is 30.5 Å². The van der Waals surface area contributed by atoms with Crippen molar-refractivity contribution in [1.82, 2.24) is 9.55 Å². The van der Waals surface area contributed by atoms with Crippen molar-refractivity contribution < 1.29 is 14.3 Å². The summed E-state index contributed by atoms with van der Waals surface area (Å²) in [5.41, 5.74) is 7.27. The van der Waals surface area contributed by atoms with E-state index in [0.29, 0.717) is 17.9 Å². The van der Waals surface area contributed by atoms with Crippen LogP contribution in [-0.2, 0) is 17.8 Å². The molecule has 1 atom stereocenters. The fraction of sp³-hybridized carbons (Fsp3) is 0.269. The molecule has 9 nitrogen and oxygen atoms in total. The maximum absolute atomic E-state index is 13.0. The molecule has 0 spiro atoms. The fourth-order valence-electron chi connectivity index (χ4n) is 4.07. The lowest BCUT2D eigenvalue weighted by Gasteiger charge is -2.19. The number of nitrogens with zero attached hydrogens (tertiary/aromatic N) is 2. The smallest absolute Gasteiger partial charge is 0.330 e. The molecule has 0 aliphatic carbocycles. The van der Waals surface area contributed by atoms with Crippen LogP contribution in [0.3, 0.4) is 0 Å². The number of aromatic amines is 1. The Kier molecular flexibility index (Phi) is 6.77. The number of nitrogen functional groups attached to an aromatic ring is 1. The number of carbonyl (C=O) groups is 1.